The van der Waals surface area contributed by atoms with Crippen LogP contribution in [0.25, 0.3) is 10.8 Å². The summed E-state index contributed by atoms with van der Waals surface area (Å²) in [6.45, 7) is 2.00. The van der Waals surface area contributed by atoms with Gasteiger partial charge in [-0.15, -0.1) is 0 Å². The highest BCUT2D eigenvalue weighted by atomic mass is 16.1. The Balaban J connectivity index is 2.38. The fourth-order valence-electron chi connectivity index (χ4n) is 2.18. The molecule has 2 aromatic rings. The number of hydrogen-bond donors (Lipinski definition) is 1. The van der Waals surface area contributed by atoms with Crippen LogP contribution in [0, 0.1) is 5.92 Å². The maximum Gasteiger partial charge on any atom is 0.220 e. The highest BCUT2D eigenvalue weighted by Gasteiger charge is 2.14. The number of primary amides is 1. The predicted octanol–water partition coefficient (Wildman–Crippen LogP) is 2.89. The third-order valence-electron chi connectivity index (χ3n) is 3.24. The van der Waals surface area contributed by atoms with Gasteiger partial charge in [-0.05, 0) is 29.2 Å². The maximum absolute atomic E-state index is 11.3. The zero-order valence-corrected chi connectivity index (χ0v) is 10.0. The minimum absolute atomic E-state index is 0.0687. The Morgan fingerprint density at radius 2 is 1.88 bits per heavy atom. The fourth-order valence-corrected chi connectivity index (χ4v) is 2.18. The topological polar surface area (TPSA) is 43.1 Å². The fraction of sp³-hybridized carbons (Fsp3) is 0.267. The molecule has 0 aliphatic heterocycles. The van der Waals surface area contributed by atoms with Gasteiger partial charge >= 0.3 is 0 Å². The Morgan fingerprint density at radius 1 is 1.18 bits per heavy atom. The minimum Gasteiger partial charge on any atom is -0.369 e. The van der Waals surface area contributed by atoms with Crippen LogP contribution < -0.4 is 5.73 Å². The van der Waals surface area contributed by atoms with Crippen molar-refractivity contribution in [3.05, 3.63) is 48.0 Å². The van der Waals surface area contributed by atoms with Crippen molar-refractivity contribution in [2.75, 3.05) is 0 Å². The summed E-state index contributed by atoms with van der Waals surface area (Å²) in [4.78, 5) is 11.3. The second kappa shape index (κ2) is 5.00. The van der Waals surface area contributed by atoms with Gasteiger partial charge < -0.3 is 5.73 Å². The van der Waals surface area contributed by atoms with Gasteiger partial charge in [0.25, 0.3) is 0 Å². The summed E-state index contributed by atoms with van der Waals surface area (Å²) in [6.07, 6.45) is 1.52. The van der Waals surface area contributed by atoms with Gasteiger partial charge in [-0.3, -0.25) is 4.79 Å². The van der Waals surface area contributed by atoms with Crippen LogP contribution in [-0.2, 0) is 11.2 Å². The third-order valence-corrected chi connectivity index (χ3v) is 3.24. The minimum atomic E-state index is -0.208. The lowest BCUT2D eigenvalue weighted by Gasteiger charge is -2.12. The molecule has 88 valence electrons. The molecule has 0 aliphatic rings. The van der Waals surface area contributed by atoms with E-state index in [0.29, 0.717) is 0 Å². The van der Waals surface area contributed by atoms with Gasteiger partial charge in [-0.1, -0.05) is 49.4 Å². The van der Waals surface area contributed by atoms with Crippen molar-refractivity contribution in [1.82, 2.24) is 0 Å². The third kappa shape index (κ3) is 2.47. The highest BCUT2D eigenvalue weighted by molar-refractivity contribution is 5.86. The number of amides is 1. The van der Waals surface area contributed by atoms with Gasteiger partial charge in [0.05, 0.1) is 0 Å². The summed E-state index contributed by atoms with van der Waals surface area (Å²) in [5, 5.41) is 2.43. The Bertz CT molecular complexity index is 528. The van der Waals surface area contributed by atoms with E-state index in [1.165, 1.54) is 16.3 Å². The SMILES string of the molecule is CCC(Cc1cccc2ccccc12)C(N)=O. The van der Waals surface area contributed by atoms with Crippen molar-refractivity contribution >= 4 is 16.7 Å². The van der Waals surface area contributed by atoms with Gasteiger partial charge in [0.15, 0.2) is 0 Å². The average Bonchev–Trinajstić information content (AvgIpc) is 2.35. The average molecular weight is 227 g/mol. The lowest BCUT2D eigenvalue weighted by atomic mass is 9.93. The van der Waals surface area contributed by atoms with Crippen LogP contribution >= 0.6 is 0 Å². The van der Waals surface area contributed by atoms with E-state index in [1.807, 2.05) is 25.1 Å². The van der Waals surface area contributed by atoms with Gasteiger partial charge in [-0.2, -0.15) is 0 Å². The van der Waals surface area contributed by atoms with Crippen LogP contribution in [0.3, 0.4) is 0 Å². The Labute approximate surface area is 101 Å². The molecule has 2 rings (SSSR count). The molecule has 0 radical (unpaired) electrons. The normalized spacial score (nSPS) is 12.5. The second-order valence-corrected chi connectivity index (χ2v) is 4.35. The molecule has 0 fully saturated rings. The van der Waals surface area contributed by atoms with Gasteiger partial charge in [-0.25, -0.2) is 0 Å². The maximum atomic E-state index is 11.3. The zero-order valence-electron chi connectivity index (χ0n) is 10.0. The standard InChI is InChI=1S/C15H17NO/c1-2-11(15(16)17)10-13-8-5-7-12-6-3-4-9-14(12)13/h3-9,11H,2,10H2,1H3,(H2,16,17). The molecule has 0 aliphatic carbocycles. The number of nitrogens with two attached hydrogens (primary N) is 1. The quantitative estimate of drug-likeness (QED) is 0.857. The molecule has 1 atom stereocenters. The molecule has 0 saturated carbocycles. The van der Waals surface area contributed by atoms with E-state index in [9.17, 15) is 4.79 Å². The number of rotatable bonds is 4. The lowest BCUT2D eigenvalue weighted by Crippen LogP contribution is -2.24. The van der Waals surface area contributed by atoms with Gasteiger partial charge in [0.1, 0.15) is 0 Å². The molecule has 2 nitrogen and oxygen atoms in total. The first kappa shape index (κ1) is 11.6. The number of carbonyl (C=O) groups excluding carboxylic acids is 1. The van der Waals surface area contributed by atoms with Crippen molar-refractivity contribution in [1.29, 1.82) is 0 Å². The van der Waals surface area contributed by atoms with E-state index in [-0.39, 0.29) is 11.8 Å². The van der Waals surface area contributed by atoms with Crippen LogP contribution in [0.15, 0.2) is 42.5 Å². The van der Waals surface area contributed by atoms with E-state index in [0.717, 1.165) is 12.8 Å². The smallest absolute Gasteiger partial charge is 0.220 e. The van der Waals surface area contributed by atoms with Crippen LogP contribution in [0.1, 0.15) is 18.9 Å². The molecule has 2 aromatic carbocycles. The van der Waals surface area contributed by atoms with Crippen LogP contribution in [-0.4, -0.2) is 5.91 Å². The van der Waals surface area contributed by atoms with E-state index >= 15 is 0 Å². The van der Waals surface area contributed by atoms with Crippen molar-refractivity contribution in [3.63, 3.8) is 0 Å². The first-order valence-corrected chi connectivity index (χ1v) is 5.98. The summed E-state index contributed by atoms with van der Waals surface area (Å²) in [7, 11) is 0. The number of benzene rings is 2. The zero-order chi connectivity index (χ0) is 12.3. The van der Waals surface area contributed by atoms with Crippen LogP contribution in [0.2, 0.25) is 0 Å². The van der Waals surface area contributed by atoms with Crippen molar-refractivity contribution in [2.45, 2.75) is 19.8 Å². The number of hydrogen-bond acceptors (Lipinski definition) is 1. The molecule has 0 bridgehead atoms. The molecule has 0 heterocycles. The molecule has 17 heavy (non-hydrogen) atoms. The van der Waals surface area contributed by atoms with Crippen LogP contribution in [0.5, 0.6) is 0 Å². The molecular formula is C15H17NO. The first-order chi connectivity index (χ1) is 8.22. The van der Waals surface area contributed by atoms with Gasteiger partial charge in [0, 0.05) is 5.92 Å². The highest BCUT2D eigenvalue weighted by Crippen LogP contribution is 2.22. The molecule has 1 unspecified atom stereocenters. The number of carbonyl (C=O) groups is 1. The first-order valence-electron chi connectivity index (χ1n) is 5.98. The van der Waals surface area contributed by atoms with Crippen LogP contribution in [0.4, 0.5) is 0 Å². The summed E-state index contributed by atoms with van der Waals surface area (Å²) in [6, 6.07) is 14.4. The van der Waals surface area contributed by atoms with E-state index in [1.54, 1.807) is 0 Å². The van der Waals surface area contributed by atoms with E-state index in [4.69, 9.17) is 5.73 Å². The predicted molar refractivity (Wildman–Crippen MR) is 70.6 cm³/mol. The van der Waals surface area contributed by atoms with Gasteiger partial charge in [0.2, 0.25) is 5.91 Å². The lowest BCUT2D eigenvalue weighted by molar-refractivity contribution is -0.121. The molecule has 1 amide bonds. The molecule has 2 N–H and O–H groups in total. The number of fused-ring (bicyclic) bond motifs is 1. The van der Waals surface area contributed by atoms with Crippen molar-refractivity contribution in [2.24, 2.45) is 11.7 Å². The Kier molecular flexibility index (Phi) is 3.43. The largest absolute Gasteiger partial charge is 0.369 e. The summed E-state index contributed by atoms with van der Waals surface area (Å²) in [5.74, 6) is -0.277. The monoisotopic (exact) mass is 227 g/mol. The summed E-state index contributed by atoms with van der Waals surface area (Å²) >= 11 is 0. The summed E-state index contributed by atoms with van der Waals surface area (Å²) < 4.78 is 0. The molecule has 0 aromatic heterocycles. The summed E-state index contributed by atoms with van der Waals surface area (Å²) in [5.41, 5.74) is 6.60. The van der Waals surface area contributed by atoms with Crippen molar-refractivity contribution < 1.29 is 4.79 Å². The van der Waals surface area contributed by atoms with E-state index in [2.05, 4.69) is 24.3 Å². The molecule has 2 heteroatoms. The van der Waals surface area contributed by atoms with E-state index < -0.39 is 0 Å². The van der Waals surface area contributed by atoms with Crippen molar-refractivity contribution in [3.8, 4) is 0 Å². The molecule has 0 spiro atoms. The Hall–Kier alpha value is -1.83. The molecule has 0 saturated heterocycles. The Morgan fingerprint density at radius 3 is 2.59 bits per heavy atom. The molecular weight excluding hydrogens is 210 g/mol. The second-order valence-electron chi connectivity index (χ2n) is 4.35.